The van der Waals surface area contributed by atoms with Crippen LogP contribution in [0.15, 0.2) is 23.8 Å². The summed E-state index contributed by atoms with van der Waals surface area (Å²) in [6, 6.07) is 0. The number of hydrogen-bond donors (Lipinski definition) is 4. The van der Waals surface area contributed by atoms with Crippen molar-refractivity contribution in [3.05, 3.63) is 23.8 Å². The number of carbonyl (C=O) groups excluding carboxylic acids is 3. The average Bonchev–Trinajstić information content (AvgIpc) is 3.07. The Morgan fingerprint density at radius 3 is 2.27 bits per heavy atom. The van der Waals surface area contributed by atoms with Crippen molar-refractivity contribution in [1.82, 2.24) is 0 Å². The number of hydrogen-bond acceptors (Lipinski definition) is 9. The molecular weight excluding hydrogens is 528 g/mol. The SMILES string of the molecule is CC(=O)O[C@H]1OC(C)(C)[C@H](O)C(=O)C[C@H]1[C@@H]1[C@H](O)C=C2[C@]3(C)[C@H](O)C[C@H]4C(C)(C)C(=O)C=C[C@]4(C)[C@H]3[C@H](O)C[C@]21C. The molecule has 0 spiro atoms. The number of aliphatic hydroxyl groups excluding tert-OH is 4. The first kappa shape index (κ1) is 30.5. The normalized spacial score (nSPS) is 50.2. The molecule has 5 aliphatic rings. The zero-order valence-electron chi connectivity index (χ0n) is 25.4. The van der Waals surface area contributed by atoms with Crippen molar-refractivity contribution < 1.29 is 44.3 Å². The van der Waals surface area contributed by atoms with Crippen LogP contribution >= 0.6 is 0 Å². The Hall–Kier alpha value is -1.91. The van der Waals surface area contributed by atoms with Gasteiger partial charge in [-0.1, -0.05) is 52.3 Å². The fourth-order valence-electron chi connectivity index (χ4n) is 10.1. The molecule has 0 aromatic carbocycles. The number of rotatable bonds is 2. The lowest BCUT2D eigenvalue weighted by atomic mass is 9.37. The summed E-state index contributed by atoms with van der Waals surface area (Å²) >= 11 is 0. The third-order valence-electron chi connectivity index (χ3n) is 11.9. The Morgan fingerprint density at radius 2 is 1.66 bits per heavy atom. The Kier molecular flexibility index (Phi) is 6.92. The van der Waals surface area contributed by atoms with E-state index in [0.29, 0.717) is 6.42 Å². The highest BCUT2D eigenvalue weighted by atomic mass is 16.7. The number of carbonyl (C=O) groups is 3. The second-order valence-corrected chi connectivity index (χ2v) is 15.1. The van der Waals surface area contributed by atoms with Gasteiger partial charge in [0, 0.05) is 41.9 Å². The second-order valence-electron chi connectivity index (χ2n) is 15.1. The molecule has 0 unspecified atom stereocenters. The minimum absolute atomic E-state index is 0.00105. The van der Waals surface area contributed by atoms with E-state index in [1.54, 1.807) is 26.0 Å². The summed E-state index contributed by atoms with van der Waals surface area (Å²) in [6.07, 6.45) is 0.0551. The molecule has 228 valence electrons. The quantitative estimate of drug-likeness (QED) is 0.288. The summed E-state index contributed by atoms with van der Waals surface area (Å²) in [4.78, 5) is 38.3. The molecule has 0 aromatic heterocycles. The van der Waals surface area contributed by atoms with Gasteiger partial charge in [0.15, 0.2) is 11.6 Å². The number of allylic oxidation sites excluding steroid dienone is 2. The maximum Gasteiger partial charge on any atom is 0.304 e. The number of ether oxygens (including phenoxy) is 2. The number of fused-ring (bicyclic) bond motifs is 5. The molecule has 2 saturated carbocycles. The summed E-state index contributed by atoms with van der Waals surface area (Å²) in [5.41, 5.74) is -3.72. The van der Waals surface area contributed by atoms with Crippen molar-refractivity contribution in [2.75, 3.05) is 0 Å². The molecule has 9 heteroatoms. The number of Topliss-reactive ketones (excluding diaryl/α,β-unsaturated/α-hetero) is 1. The van der Waals surface area contributed by atoms with Gasteiger partial charge in [0.1, 0.15) is 6.10 Å². The summed E-state index contributed by atoms with van der Waals surface area (Å²) < 4.78 is 11.7. The van der Waals surface area contributed by atoms with Gasteiger partial charge in [-0.2, -0.15) is 0 Å². The standard InChI is InChI=1S/C32H46O9/c1-15(33)40-27-16(11-18(35)26(39)29(4,5)41-27)24-17(34)12-21-31(24,7)14-19(36)25-30(6)10-9-22(37)28(2,3)20(30)13-23(38)32(21,25)8/h9-10,12,16-17,19-20,23-27,34,36,38-39H,11,13-14H2,1-8H3/t16-,17+,19+,20-,23+,24+,25+,26+,27-,30-,31+,32+/m0/s1. The second kappa shape index (κ2) is 9.29. The molecular formula is C32H46O9. The molecule has 9 nitrogen and oxygen atoms in total. The van der Waals surface area contributed by atoms with E-state index in [4.69, 9.17) is 9.47 Å². The van der Waals surface area contributed by atoms with E-state index in [1.165, 1.54) is 6.92 Å². The Bertz CT molecular complexity index is 1220. The molecule has 0 bridgehead atoms. The first-order chi connectivity index (χ1) is 18.7. The van der Waals surface area contributed by atoms with Crippen molar-refractivity contribution in [3.63, 3.8) is 0 Å². The van der Waals surface area contributed by atoms with Gasteiger partial charge in [-0.25, -0.2) is 0 Å². The number of esters is 1. The maximum atomic E-state index is 13.2. The van der Waals surface area contributed by atoms with Gasteiger partial charge in [-0.15, -0.1) is 0 Å². The van der Waals surface area contributed by atoms with Crippen LogP contribution in [0.3, 0.4) is 0 Å². The first-order valence-electron chi connectivity index (χ1n) is 14.8. The van der Waals surface area contributed by atoms with Crippen LogP contribution in [0, 0.1) is 45.3 Å². The van der Waals surface area contributed by atoms with E-state index < -0.39 is 87.5 Å². The van der Waals surface area contributed by atoms with Gasteiger partial charge in [-0.3, -0.25) is 14.4 Å². The fourth-order valence-corrected chi connectivity index (χ4v) is 10.1. The molecule has 3 fully saturated rings. The zero-order valence-corrected chi connectivity index (χ0v) is 25.4. The molecule has 5 rings (SSSR count). The topological polar surface area (TPSA) is 151 Å². The molecule has 1 saturated heterocycles. The van der Waals surface area contributed by atoms with Crippen LogP contribution < -0.4 is 0 Å². The van der Waals surface area contributed by atoms with Crippen molar-refractivity contribution in [3.8, 4) is 0 Å². The third kappa shape index (κ3) is 4.09. The van der Waals surface area contributed by atoms with Crippen molar-refractivity contribution in [1.29, 1.82) is 0 Å². The van der Waals surface area contributed by atoms with Gasteiger partial charge in [0.2, 0.25) is 6.29 Å². The third-order valence-corrected chi connectivity index (χ3v) is 11.9. The van der Waals surface area contributed by atoms with Crippen LogP contribution in [0.4, 0.5) is 0 Å². The molecule has 4 aliphatic carbocycles. The highest BCUT2D eigenvalue weighted by Gasteiger charge is 2.71. The Labute approximate surface area is 242 Å². The van der Waals surface area contributed by atoms with E-state index in [9.17, 15) is 34.8 Å². The van der Waals surface area contributed by atoms with Crippen LogP contribution in [0.5, 0.6) is 0 Å². The van der Waals surface area contributed by atoms with Gasteiger partial charge in [0.25, 0.3) is 0 Å². The van der Waals surface area contributed by atoms with Gasteiger partial charge >= 0.3 is 5.97 Å². The van der Waals surface area contributed by atoms with E-state index in [-0.39, 0.29) is 24.5 Å². The number of aliphatic hydroxyl groups is 4. The minimum atomic E-state index is -1.45. The molecule has 0 radical (unpaired) electrons. The largest absolute Gasteiger partial charge is 0.436 e. The molecule has 0 amide bonds. The molecule has 41 heavy (non-hydrogen) atoms. The van der Waals surface area contributed by atoms with Crippen molar-refractivity contribution >= 4 is 17.5 Å². The van der Waals surface area contributed by atoms with Gasteiger partial charge in [0.05, 0.1) is 23.9 Å². The summed E-state index contributed by atoms with van der Waals surface area (Å²) in [7, 11) is 0. The minimum Gasteiger partial charge on any atom is -0.436 e. The van der Waals surface area contributed by atoms with Crippen LogP contribution in [-0.4, -0.2) is 74.3 Å². The van der Waals surface area contributed by atoms with Crippen LogP contribution in [-0.2, 0) is 23.9 Å². The summed E-state index contributed by atoms with van der Waals surface area (Å²) in [5, 5.41) is 46.4. The lowest BCUT2D eigenvalue weighted by Crippen LogP contribution is -2.67. The van der Waals surface area contributed by atoms with Gasteiger partial charge in [-0.05, 0) is 49.5 Å². The monoisotopic (exact) mass is 574 g/mol. The molecule has 0 aromatic rings. The lowest BCUT2D eigenvalue weighted by Gasteiger charge is -2.67. The van der Waals surface area contributed by atoms with E-state index >= 15 is 0 Å². The maximum absolute atomic E-state index is 13.2. The van der Waals surface area contributed by atoms with E-state index in [1.807, 2.05) is 33.8 Å². The smallest absolute Gasteiger partial charge is 0.304 e. The lowest BCUT2D eigenvalue weighted by molar-refractivity contribution is -0.244. The number of ketones is 2. The predicted octanol–water partition coefficient (Wildman–Crippen LogP) is 2.48. The molecule has 1 heterocycles. The summed E-state index contributed by atoms with van der Waals surface area (Å²) in [5.74, 6) is -3.28. The molecule has 12 atom stereocenters. The van der Waals surface area contributed by atoms with Crippen LogP contribution in [0.2, 0.25) is 0 Å². The summed E-state index contributed by atoms with van der Waals surface area (Å²) in [6.45, 7) is 14.1. The fraction of sp³-hybridized carbons (Fsp3) is 0.781. The average molecular weight is 575 g/mol. The Balaban J connectivity index is 1.61. The highest BCUT2D eigenvalue weighted by Crippen LogP contribution is 2.72. The predicted molar refractivity (Wildman–Crippen MR) is 148 cm³/mol. The highest BCUT2D eigenvalue weighted by molar-refractivity contribution is 5.95. The Morgan fingerprint density at radius 1 is 1.02 bits per heavy atom. The van der Waals surface area contributed by atoms with Crippen LogP contribution in [0.1, 0.15) is 74.7 Å². The van der Waals surface area contributed by atoms with E-state index in [2.05, 4.69) is 6.92 Å². The molecule has 4 N–H and O–H groups in total. The molecule has 1 aliphatic heterocycles. The van der Waals surface area contributed by atoms with Crippen molar-refractivity contribution in [2.24, 2.45) is 45.3 Å². The van der Waals surface area contributed by atoms with Crippen molar-refractivity contribution in [2.45, 2.75) is 111 Å². The first-order valence-corrected chi connectivity index (χ1v) is 14.8. The van der Waals surface area contributed by atoms with E-state index in [0.717, 1.165) is 5.57 Å². The van der Waals surface area contributed by atoms with Gasteiger partial charge < -0.3 is 29.9 Å². The zero-order chi connectivity index (χ0) is 30.7. The van der Waals surface area contributed by atoms with Crippen LogP contribution in [0.25, 0.3) is 0 Å².